The summed E-state index contributed by atoms with van der Waals surface area (Å²) in [6.45, 7) is 3.93. The summed E-state index contributed by atoms with van der Waals surface area (Å²) in [4.78, 5) is 24.2. The SMILES string of the molecule is CCOC(=O)Cc1cccc(NC(=O)c2ccc(-n3nccc3C)cc2)c1O. The van der Waals surface area contributed by atoms with Crippen molar-refractivity contribution in [3.8, 4) is 11.4 Å². The number of ether oxygens (including phenoxy) is 1. The average molecular weight is 379 g/mol. The van der Waals surface area contributed by atoms with Crippen LogP contribution >= 0.6 is 0 Å². The van der Waals surface area contributed by atoms with E-state index in [4.69, 9.17) is 4.74 Å². The predicted octanol–water partition coefficient (Wildman–Crippen LogP) is 3.24. The van der Waals surface area contributed by atoms with E-state index < -0.39 is 5.97 Å². The molecule has 2 aromatic carbocycles. The van der Waals surface area contributed by atoms with Gasteiger partial charge in [-0.2, -0.15) is 5.10 Å². The van der Waals surface area contributed by atoms with E-state index in [1.165, 1.54) is 0 Å². The van der Waals surface area contributed by atoms with E-state index >= 15 is 0 Å². The fourth-order valence-electron chi connectivity index (χ4n) is 2.79. The fraction of sp³-hybridized carbons (Fsp3) is 0.190. The van der Waals surface area contributed by atoms with Crippen molar-refractivity contribution in [2.24, 2.45) is 0 Å². The van der Waals surface area contributed by atoms with Gasteiger partial charge in [-0.25, -0.2) is 4.68 Å². The summed E-state index contributed by atoms with van der Waals surface area (Å²) >= 11 is 0. The molecule has 0 radical (unpaired) electrons. The lowest BCUT2D eigenvalue weighted by Crippen LogP contribution is -2.13. The monoisotopic (exact) mass is 379 g/mol. The first-order valence-corrected chi connectivity index (χ1v) is 8.88. The quantitative estimate of drug-likeness (QED) is 0.507. The maximum absolute atomic E-state index is 12.5. The van der Waals surface area contributed by atoms with Gasteiger partial charge in [-0.05, 0) is 50.2 Å². The Morgan fingerprint density at radius 3 is 2.54 bits per heavy atom. The number of amides is 1. The second-order valence-corrected chi connectivity index (χ2v) is 6.18. The molecule has 1 amide bonds. The van der Waals surface area contributed by atoms with Gasteiger partial charge in [-0.15, -0.1) is 0 Å². The van der Waals surface area contributed by atoms with Crippen LogP contribution in [-0.4, -0.2) is 33.4 Å². The Hall–Kier alpha value is -3.61. The minimum absolute atomic E-state index is 0.0682. The minimum Gasteiger partial charge on any atom is -0.505 e. The van der Waals surface area contributed by atoms with Gasteiger partial charge in [-0.3, -0.25) is 9.59 Å². The number of anilines is 1. The van der Waals surface area contributed by atoms with Crippen molar-refractivity contribution < 1.29 is 19.4 Å². The molecule has 3 rings (SSSR count). The summed E-state index contributed by atoms with van der Waals surface area (Å²) in [5, 5.41) is 17.3. The Balaban J connectivity index is 1.74. The van der Waals surface area contributed by atoms with Crippen molar-refractivity contribution in [1.82, 2.24) is 9.78 Å². The second kappa shape index (κ2) is 8.39. The van der Waals surface area contributed by atoms with E-state index in [1.54, 1.807) is 60.3 Å². The van der Waals surface area contributed by atoms with Crippen molar-refractivity contribution in [3.05, 3.63) is 71.5 Å². The van der Waals surface area contributed by atoms with Gasteiger partial charge < -0.3 is 15.2 Å². The first kappa shape index (κ1) is 19.2. The lowest BCUT2D eigenvalue weighted by atomic mass is 10.1. The number of esters is 1. The van der Waals surface area contributed by atoms with E-state index in [0.29, 0.717) is 11.1 Å². The van der Waals surface area contributed by atoms with Crippen molar-refractivity contribution in [2.45, 2.75) is 20.3 Å². The highest BCUT2D eigenvalue weighted by Crippen LogP contribution is 2.28. The number of phenolic OH excluding ortho intramolecular Hbond substituents is 1. The first-order valence-electron chi connectivity index (χ1n) is 8.88. The van der Waals surface area contributed by atoms with Crippen molar-refractivity contribution in [1.29, 1.82) is 0 Å². The molecule has 2 N–H and O–H groups in total. The van der Waals surface area contributed by atoms with Crippen LogP contribution in [0.25, 0.3) is 5.69 Å². The predicted molar refractivity (Wildman–Crippen MR) is 105 cm³/mol. The van der Waals surface area contributed by atoms with Crippen LogP contribution in [-0.2, 0) is 16.0 Å². The summed E-state index contributed by atoms with van der Waals surface area (Å²) in [5.74, 6) is -0.953. The van der Waals surface area contributed by atoms with Gasteiger partial charge in [0.2, 0.25) is 0 Å². The fourth-order valence-corrected chi connectivity index (χ4v) is 2.79. The maximum Gasteiger partial charge on any atom is 0.310 e. The van der Waals surface area contributed by atoms with Crippen molar-refractivity contribution in [3.63, 3.8) is 0 Å². The molecule has 7 nitrogen and oxygen atoms in total. The number of phenols is 1. The molecule has 0 aliphatic carbocycles. The van der Waals surface area contributed by atoms with Crippen LogP contribution < -0.4 is 5.32 Å². The van der Waals surface area contributed by atoms with Gasteiger partial charge in [0.15, 0.2) is 0 Å². The number of hydrogen-bond donors (Lipinski definition) is 2. The smallest absolute Gasteiger partial charge is 0.310 e. The number of para-hydroxylation sites is 1. The Morgan fingerprint density at radius 2 is 1.89 bits per heavy atom. The maximum atomic E-state index is 12.5. The summed E-state index contributed by atoms with van der Waals surface area (Å²) in [6, 6.07) is 13.7. The van der Waals surface area contributed by atoms with Crippen LogP contribution in [0.15, 0.2) is 54.7 Å². The summed E-state index contributed by atoms with van der Waals surface area (Å²) in [7, 11) is 0. The third-order valence-corrected chi connectivity index (χ3v) is 4.21. The molecule has 144 valence electrons. The summed E-state index contributed by atoms with van der Waals surface area (Å²) in [6.07, 6.45) is 1.64. The van der Waals surface area contributed by atoms with E-state index in [9.17, 15) is 14.7 Å². The lowest BCUT2D eigenvalue weighted by Gasteiger charge is -2.11. The number of carbonyl (C=O) groups is 2. The highest BCUT2D eigenvalue weighted by atomic mass is 16.5. The Labute approximate surface area is 162 Å². The molecule has 0 aliphatic heterocycles. The van der Waals surface area contributed by atoms with Gasteiger partial charge in [-0.1, -0.05) is 12.1 Å². The molecule has 0 fully saturated rings. The zero-order valence-electron chi connectivity index (χ0n) is 15.7. The Kier molecular flexibility index (Phi) is 5.74. The number of aryl methyl sites for hydroxylation is 1. The number of hydrogen-bond acceptors (Lipinski definition) is 5. The number of nitrogens with zero attached hydrogens (tertiary/aromatic N) is 2. The Morgan fingerprint density at radius 1 is 1.14 bits per heavy atom. The lowest BCUT2D eigenvalue weighted by molar-refractivity contribution is -0.142. The van der Waals surface area contributed by atoms with Gasteiger partial charge in [0.25, 0.3) is 5.91 Å². The Bertz CT molecular complexity index is 993. The molecule has 0 saturated carbocycles. The van der Waals surface area contributed by atoms with Crippen LogP contribution in [0.3, 0.4) is 0 Å². The number of nitrogens with one attached hydrogen (secondary N) is 1. The number of rotatable bonds is 6. The summed E-state index contributed by atoms with van der Waals surface area (Å²) in [5.41, 5.74) is 2.89. The molecule has 1 heterocycles. The molecule has 1 aromatic heterocycles. The van der Waals surface area contributed by atoms with Gasteiger partial charge in [0, 0.05) is 23.0 Å². The topological polar surface area (TPSA) is 93.5 Å². The zero-order valence-corrected chi connectivity index (χ0v) is 15.7. The number of aromatic hydroxyl groups is 1. The summed E-state index contributed by atoms with van der Waals surface area (Å²) < 4.78 is 6.67. The molecule has 0 aliphatic rings. The molecule has 28 heavy (non-hydrogen) atoms. The van der Waals surface area contributed by atoms with Crippen molar-refractivity contribution in [2.75, 3.05) is 11.9 Å². The molecular weight excluding hydrogens is 358 g/mol. The standard InChI is InChI=1S/C21H21N3O4/c1-3-28-19(25)13-16-5-4-6-18(20(16)26)23-21(27)15-7-9-17(10-8-15)24-14(2)11-12-22-24/h4-12,26H,3,13H2,1-2H3,(H,23,27). The second-order valence-electron chi connectivity index (χ2n) is 6.18. The zero-order chi connectivity index (χ0) is 20.1. The van der Waals surface area contributed by atoms with Crippen LogP contribution in [0.1, 0.15) is 28.5 Å². The van der Waals surface area contributed by atoms with Crippen LogP contribution in [0.4, 0.5) is 5.69 Å². The number of aromatic nitrogens is 2. The van der Waals surface area contributed by atoms with Crippen molar-refractivity contribution >= 4 is 17.6 Å². The highest BCUT2D eigenvalue weighted by Gasteiger charge is 2.14. The van der Waals surface area contributed by atoms with E-state index in [2.05, 4.69) is 10.4 Å². The number of benzene rings is 2. The van der Waals surface area contributed by atoms with Crippen LogP contribution in [0.5, 0.6) is 5.75 Å². The molecule has 3 aromatic rings. The number of carbonyl (C=O) groups excluding carboxylic acids is 2. The molecule has 7 heteroatoms. The molecule has 0 bridgehead atoms. The van der Waals surface area contributed by atoms with Gasteiger partial charge in [0.1, 0.15) is 5.75 Å². The molecular formula is C21H21N3O4. The van der Waals surface area contributed by atoms with Crippen LogP contribution in [0, 0.1) is 6.92 Å². The van der Waals surface area contributed by atoms with E-state index in [1.807, 2.05) is 13.0 Å². The van der Waals surface area contributed by atoms with Gasteiger partial charge >= 0.3 is 5.97 Å². The molecule has 0 saturated heterocycles. The molecule has 0 unspecified atom stereocenters. The average Bonchev–Trinajstić information content (AvgIpc) is 3.11. The third-order valence-electron chi connectivity index (χ3n) is 4.21. The normalized spacial score (nSPS) is 10.5. The molecule has 0 atom stereocenters. The minimum atomic E-state index is -0.439. The third kappa shape index (κ3) is 4.20. The van der Waals surface area contributed by atoms with E-state index in [-0.39, 0.29) is 30.4 Å². The molecule has 0 spiro atoms. The highest BCUT2D eigenvalue weighted by molar-refractivity contribution is 6.05. The van der Waals surface area contributed by atoms with Crippen LogP contribution in [0.2, 0.25) is 0 Å². The first-order chi connectivity index (χ1) is 13.5. The largest absolute Gasteiger partial charge is 0.505 e. The van der Waals surface area contributed by atoms with E-state index in [0.717, 1.165) is 11.4 Å². The van der Waals surface area contributed by atoms with Gasteiger partial charge in [0.05, 0.1) is 24.4 Å².